The first-order valence-corrected chi connectivity index (χ1v) is 10.0. The molecule has 0 saturated heterocycles. The maximum atomic E-state index is 4.81. The molecule has 6 rings (SSSR count). The molecule has 0 aliphatic rings. The van der Waals surface area contributed by atoms with Crippen LogP contribution in [0.5, 0.6) is 0 Å². The van der Waals surface area contributed by atoms with Crippen molar-refractivity contribution in [2.24, 2.45) is 0 Å². The fraction of sp³-hybridized carbons (Fsp3) is 0. The van der Waals surface area contributed by atoms with Crippen LogP contribution in [0.1, 0.15) is 0 Å². The van der Waals surface area contributed by atoms with Crippen molar-refractivity contribution in [1.82, 2.24) is 9.97 Å². The van der Waals surface area contributed by atoms with Gasteiger partial charge in [0.25, 0.3) is 0 Å². The van der Waals surface area contributed by atoms with Crippen LogP contribution in [0.4, 0.5) is 0 Å². The van der Waals surface area contributed by atoms with Crippen LogP contribution in [0.2, 0.25) is 0 Å². The minimum Gasteiger partial charge on any atom is -0.352 e. The number of nitrogens with zero attached hydrogens (tertiary/aromatic N) is 2. The Balaban J connectivity index is 0.00000204. The molecular formula is C28H17IrN2-. The summed E-state index contributed by atoms with van der Waals surface area (Å²) in [5.74, 6) is 0. The van der Waals surface area contributed by atoms with Gasteiger partial charge in [0.15, 0.2) is 0 Å². The van der Waals surface area contributed by atoms with Crippen molar-refractivity contribution in [1.29, 1.82) is 0 Å². The Morgan fingerprint density at radius 3 is 1.84 bits per heavy atom. The molecule has 2 aromatic heterocycles. The summed E-state index contributed by atoms with van der Waals surface area (Å²) < 4.78 is 0. The minimum atomic E-state index is 0. The standard InChI is InChI=1S/C28H17N2.Ir/c1-3-9-19(10-4-1)21-15-16-22(20-11-5-2-6-12-20)26-25(21)23-13-7-17-29-27(23)24-14-8-18-30-28(24)26;/h1-13,15-18H;/q-1;. The van der Waals surface area contributed by atoms with Crippen molar-refractivity contribution in [3.8, 4) is 22.3 Å². The van der Waals surface area contributed by atoms with E-state index in [9.17, 15) is 0 Å². The molecule has 31 heavy (non-hydrogen) atoms. The zero-order chi connectivity index (χ0) is 19.9. The van der Waals surface area contributed by atoms with E-state index in [1.54, 1.807) is 0 Å². The number of aromatic nitrogens is 2. The molecule has 1 radical (unpaired) electrons. The number of benzene rings is 4. The number of pyridine rings is 2. The van der Waals surface area contributed by atoms with Gasteiger partial charge < -0.3 is 9.97 Å². The normalized spacial score (nSPS) is 11.0. The molecule has 0 bridgehead atoms. The first-order chi connectivity index (χ1) is 14.9. The van der Waals surface area contributed by atoms with Crippen LogP contribution in [0.25, 0.3) is 54.8 Å². The second-order valence-electron chi connectivity index (χ2n) is 7.36. The molecule has 2 heterocycles. The number of hydrogen-bond acceptors (Lipinski definition) is 2. The van der Waals surface area contributed by atoms with Crippen LogP contribution in [0, 0.1) is 6.07 Å². The average Bonchev–Trinajstić information content (AvgIpc) is 2.84. The summed E-state index contributed by atoms with van der Waals surface area (Å²) in [6, 6.07) is 34.9. The van der Waals surface area contributed by atoms with Gasteiger partial charge in [-0.1, -0.05) is 90.4 Å². The van der Waals surface area contributed by atoms with Crippen molar-refractivity contribution in [2.75, 3.05) is 0 Å². The molecule has 0 amide bonds. The summed E-state index contributed by atoms with van der Waals surface area (Å²) in [5.41, 5.74) is 6.61. The predicted octanol–water partition coefficient (Wildman–Crippen LogP) is 7.07. The largest absolute Gasteiger partial charge is 0.352 e. The smallest absolute Gasteiger partial charge is 0.0161 e. The summed E-state index contributed by atoms with van der Waals surface area (Å²) in [7, 11) is 0. The van der Waals surface area contributed by atoms with Crippen LogP contribution in [-0.4, -0.2) is 9.97 Å². The zero-order valence-corrected chi connectivity index (χ0v) is 18.9. The fourth-order valence-corrected chi connectivity index (χ4v) is 4.39. The molecule has 6 aromatic rings. The molecule has 0 unspecified atom stereocenters. The number of fused-ring (bicyclic) bond motifs is 6. The van der Waals surface area contributed by atoms with E-state index in [2.05, 4.69) is 78.9 Å². The van der Waals surface area contributed by atoms with Crippen LogP contribution in [0.3, 0.4) is 0 Å². The molecule has 2 nitrogen and oxygen atoms in total. The second-order valence-corrected chi connectivity index (χ2v) is 7.36. The van der Waals surface area contributed by atoms with Gasteiger partial charge in [-0.25, -0.2) is 0 Å². The molecule has 0 atom stereocenters. The van der Waals surface area contributed by atoms with E-state index in [1.165, 1.54) is 27.6 Å². The molecule has 0 spiro atoms. The SMILES string of the molecule is [Ir].[c-]1ccnc2c1c1ncccc1c1c(-c3ccccc3)ccc(-c3ccccc3)c21. The summed E-state index contributed by atoms with van der Waals surface area (Å²) in [6.07, 6.45) is 3.66. The third-order valence-corrected chi connectivity index (χ3v) is 5.67. The Morgan fingerprint density at radius 1 is 0.548 bits per heavy atom. The number of rotatable bonds is 2. The van der Waals surface area contributed by atoms with Gasteiger partial charge in [-0.15, -0.1) is 12.1 Å². The first kappa shape index (κ1) is 19.6. The van der Waals surface area contributed by atoms with Crippen LogP contribution in [0.15, 0.2) is 103 Å². The third-order valence-electron chi connectivity index (χ3n) is 5.67. The quantitative estimate of drug-likeness (QED) is 0.164. The molecule has 0 N–H and O–H groups in total. The van der Waals surface area contributed by atoms with Gasteiger partial charge in [0, 0.05) is 26.3 Å². The Hall–Kier alpha value is -3.39. The average molecular weight is 574 g/mol. The first-order valence-electron chi connectivity index (χ1n) is 10.0. The van der Waals surface area contributed by atoms with Crippen molar-refractivity contribution in [3.05, 3.63) is 109 Å². The van der Waals surface area contributed by atoms with Gasteiger partial charge in [-0.05, 0) is 55.5 Å². The summed E-state index contributed by atoms with van der Waals surface area (Å²) in [5, 5.41) is 4.42. The third kappa shape index (κ3) is 3.14. The van der Waals surface area contributed by atoms with Gasteiger partial charge >= 0.3 is 0 Å². The predicted molar refractivity (Wildman–Crippen MR) is 124 cm³/mol. The van der Waals surface area contributed by atoms with E-state index < -0.39 is 0 Å². The van der Waals surface area contributed by atoms with Crippen molar-refractivity contribution in [3.63, 3.8) is 0 Å². The molecule has 4 aromatic carbocycles. The number of hydrogen-bond donors (Lipinski definition) is 0. The van der Waals surface area contributed by atoms with Gasteiger partial charge in [0.1, 0.15) is 0 Å². The van der Waals surface area contributed by atoms with E-state index in [4.69, 9.17) is 9.97 Å². The van der Waals surface area contributed by atoms with Gasteiger partial charge in [0.05, 0.1) is 0 Å². The maximum Gasteiger partial charge on any atom is 0.0161 e. The fourth-order valence-electron chi connectivity index (χ4n) is 4.39. The van der Waals surface area contributed by atoms with E-state index in [1.807, 2.05) is 30.6 Å². The summed E-state index contributed by atoms with van der Waals surface area (Å²) in [6.45, 7) is 0. The second kappa shape index (κ2) is 8.03. The van der Waals surface area contributed by atoms with E-state index in [0.29, 0.717) is 0 Å². The Morgan fingerprint density at radius 2 is 1.16 bits per heavy atom. The van der Waals surface area contributed by atoms with Crippen molar-refractivity contribution < 1.29 is 20.1 Å². The van der Waals surface area contributed by atoms with Crippen LogP contribution < -0.4 is 0 Å². The molecule has 0 saturated carbocycles. The summed E-state index contributed by atoms with van der Waals surface area (Å²) in [4.78, 5) is 9.53. The molecule has 0 aliphatic carbocycles. The Kier molecular flexibility index (Phi) is 5.07. The zero-order valence-electron chi connectivity index (χ0n) is 16.5. The Labute approximate surface area is 194 Å². The van der Waals surface area contributed by atoms with Crippen LogP contribution in [-0.2, 0) is 20.1 Å². The molecule has 0 fully saturated rings. The Bertz CT molecular complexity index is 1410. The monoisotopic (exact) mass is 574 g/mol. The maximum absolute atomic E-state index is 4.81. The molecule has 149 valence electrons. The summed E-state index contributed by atoms with van der Waals surface area (Å²) >= 11 is 0. The molecule has 3 heteroatoms. The minimum absolute atomic E-state index is 0. The van der Waals surface area contributed by atoms with E-state index >= 15 is 0 Å². The molecular weight excluding hydrogens is 557 g/mol. The topological polar surface area (TPSA) is 25.8 Å². The van der Waals surface area contributed by atoms with Crippen molar-refractivity contribution >= 4 is 32.6 Å². The van der Waals surface area contributed by atoms with Gasteiger partial charge in [-0.2, -0.15) is 0 Å². The molecule has 0 aliphatic heterocycles. The van der Waals surface area contributed by atoms with E-state index in [0.717, 1.165) is 27.2 Å². The van der Waals surface area contributed by atoms with Gasteiger partial charge in [0.2, 0.25) is 0 Å². The van der Waals surface area contributed by atoms with Crippen molar-refractivity contribution in [2.45, 2.75) is 0 Å². The van der Waals surface area contributed by atoms with Crippen LogP contribution >= 0.6 is 0 Å². The van der Waals surface area contributed by atoms with E-state index in [-0.39, 0.29) is 20.1 Å². The van der Waals surface area contributed by atoms with Gasteiger partial charge in [-0.3, -0.25) is 0 Å².